The number of benzene rings is 1. The number of sulfone groups is 1. The van der Waals surface area contributed by atoms with Crippen molar-refractivity contribution >= 4 is 15.7 Å². The number of hydrogen-bond acceptors (Lipinski definition) is 4. The third-order valence-corrected chi connectivity index (χ3v) is 3.65. The van der Waals surface area contributed by atoms with E-state index in [2.05, 4.69) is 5.32 Å². The molecule has 0 bridgehead atoms. The Morgan fingerprint density at radius 3 is 2.50 bits per heavy atom. The molecule has 18 heavy (non-hydrogen) atoms. The maximum atomic E-state index is 12.9. The van der Waals surface area contributed by atoms with E-state index in [0.717, 1.165) is 6.07 Å². The van der Waals surface area contributed by atoms with E-state index in [9.17, 15) is 22.0 Å². The fraction of sp³-hybridized carbons (Fsp3) is 0.300. The smallest absolute Gasteiger partial charge is 0.235 e. The van der Waals surface area contributed by atoms with E-state index in [1.165, 1.54) is 0 Å². The summed E-state index contributed by atoms with van der Waals surface area (Å²) in [6.45, 7) is 0.323. The Morgan fingerprint density at radius 1 is 1.28 bits per heavy atom. The van der Waals surface area contributed by atoms with Crippen molar-refractivity contribution in [2.45, 2.75) is 4.90 Å². The summed E-state index contributed by atoms with van der Waals surface area (Å²) in [7, 11) is -3.99. The van der Waals surface area contributed by atoms with Crippen LogP contribution in [-0.4, -0.2) is 33.2 Å². The zero-order chi connectivity index (χ0) is 13.8. The first-order valence-corrected chi connectivity index (χ1v) is 6.66. The Morgan fingerprint density at radius 2 is 1.94 bits per heavy atom. The molecule has 5 nitrogen and oxygen atoms in total. The minimum Gasteiger partial charge on any atom is -0.354 e. The van der Waals surface area contributed by atoms with Crippen LogP contribution in [0.2, 0.25) is 0 Å². The summed E-state index contributed by atoms with van der Waals surface area (Å²) in [5.41, 5.74) is 5.13. The van der Waals surface area contributed by atoms with Gasteiger partial charge in [0.25, 0.3) is 0 Å². The van der Waals surface area contributed by atoms with Crippen LogP contribution in [0.15, 0.2) is 23.1 Å². The quantitative estimate of drug-likeness (QED) is 0.731. The highest BCUT2D eigenvalue weighted by Gasteiger charge is 2.20. The Hall–Kier alpha value is -1.54. The lowest BCUT2D eigenvalue weighted by Gasteiger charge is -2.05. The van der Waals surface area contributed by atoms with Crippen LogP contribution < -0.4 is 11.1 Å². The maximum absolute atomic E-state index is 12.9. The molecular formula is C10H12F2N2O3S. The Labute approximate surface area is 103 Å². The van der Waals surface area contributed by atoms with Gasteiger partial charge in [-0.2, -0.15) is 0 Å². The van der Waals surface area contributed by atoms with Crippen LogP contribution in [0.5, 0.6) is 0 Å². The Kier molecular flexibility index (Phi) is 4.74. The second-order valence-corrected chi connectivity index (χ2v) is 5.46. The van der Waals surface area contributed by atoms with Gasteiger partial charge in [-0.3, -0.25) is 4.79 Å². The second kappa shape index (κ2) is 5.87. The first-order valence-electron chi connectivity index (χ1n) is 5.01. The molecule has 0 aliphatic rings. The predicted octanol–water partition coefficient (Wildman–Crippen LogP) is -0.187. The summed E-state index contributed by atoms with van der Waals surface area (Å²) >= 11 is 0. The van der Waals surface area contributed by atoms with E-state index in [1.54, 1.807) is 0 Å². The molecule has 0 aliphatic heterocycles. The van der Waals surface area contributed by atoms with Crippen molar-refractivity contribution in [3.8, 4) is 0 Å². The van der Waals surface area contributed by atoms with Crippen molar-refractivity contribution in [1.29, 1.82) is 0 Å². The van der Waals surface area contributed by atoms with Crippen molar-refractivity contribution in [1.82, 2.24) is 5.32 Å². The molecule has 8 heteroatoms. The van der Waals surface area contributed by atoms with Crippen molar-refractivity contribution < 1.29 is 22.0 Å². The number of halogens is 2. The third-order valence-electron chi connectivity index (χ3n) is 2.04. The van der Waals surface area contributed by atoms with Crippen LogP contribution in [0.3, 0.4) is 0 Å². The largest absolute Gasteiger partial charge is 0.354 e. The molecule has 0 aliphatic carbocycles. The molecule has 0 saturated heterocycles. The molecule has 0 atom stereocenters. The zero-order valence-electron chi connectivity index (χ0n) is 9.32. The summed E-state index contributed by atoms with van der Waals surface area (Å²) in [5.74, 6) is -4.01. The SMILES string of the molecule is NCCNC(=O)CS(=O)(=O)c1ccc(F)c(F)c1. The molecular weight excluding hydrogens is 266 g/mol. The highest BCUT2D eigenvalue weighted by Crippen LogP contribution is 2.15. The van der Waals surface area contributed by atoms with Crippen molar-refractivity contribution in [3.05, 3.63) is 29.8 Å². The summed E-state index contributed by atoms with van der Waals surface area (Å²) < 4.78 is 48.9. The molecule has 0 aromatic heterocycles. The first-order chi connectivity index (χ1) is 8.36. The molecule has 1 aromatic carbocycles. The predicted molar refractivity (Wildman–Crippen MR) is 60.5 cm³/mol. The van der Waals surface area contributed by atoms with Gasteiger partial charge in [0, 0.05) is 13.1 Å². The summed E-state index contributed by atoms with van der Waals surface area (Å²) in [6.07, 6.45) is 0. The van der Waals surface area contributed by atoms with Crippen molar-refractivity contribution in [2.24, 2.45) is 5.73 Å². The van der Waals surface area contributed by atoms with E-state index in [0.29, 0.717) is 12.1 Å². The number of rotatable bonds is 5. The number of carbonyl (C=O) groups is 1. The topological polar surface area (TPSA) is 89.3 Å². The number of carbonyl (C=O) groups excluding carboxylic acids is 1. The van der Waals surface area contributed by atoms with E-state index >= 15 is 0 Å². The first kappa shape index (κ1) is 14.5. The van der Waals surface area contributed by atoms with Gasteiger partial charge in [0.2, 0.25) is 5.91 Å². The lowest BCUT2D eigenvalue weighted by atomic mass is 10.3. The number of amides is 1. The van der Waals surface area contributed by atoms with Gasteiger partial charge in [0.15, 0.2) is 21.5 Å². The van der Waals surface area contributed by atoms with Crippen LogP contribution in [0, 0.1) is 11.6 Å². The molecule has 1 amide bonds. The van der Waals surface area contributed by atoms with E-state index in [1.807, 2.05) is 0 Å². The maximum Gasteiger partial charge on any atom is 0.235 e. The lowest BCUT2D eigenvalue weighted by molar-refractivity contribution is -0.118. The Bertz CT molecular complexity index is 546. The highest BCUT2D eigenvalue weighted by molar-refractivity contribution is 7.92. The van der Waals surface area contributed by atoms with Crippen molar-refractivity contribution in [3.63, 3.8) is 0 Å². The minimum absolute atomic E-state index is 0.145. The van der Waals surface area contributed by atoms with Crippen LogP contribution in [-0.2, 0) is 14.6 Å². The van der Waals surface area contributed by atoms with Gasteiger partial charge in [-0.15, -0.1) is 0 Å². The molecule has 0 unspecified atom stereocenters. The van der Waals surface area contributed by atoms with Crippen LogP contribution in [0.4, 0.5) is 8.78 Å². The molecule has 0 radical (unpaired) electrons. The van der Waals surface area contributed by atoms with Gasteiger partial charge in [-0.1, -0.05) is 0 Å². The molecule has 3 N–H and O–H groups in total. The number of nitrogens with one attached hydrogen (secondary N) is 1. The molecule has 0 heterocycles. The second-order valence-electron chi connectivity index (χ2n) is 3.47. The third kappa shape index (κ3) is 3.74. The zero-order valence-corrected chi connectivity index (χ0v) is 10.1. The summed E-state index contributed by atoms with van der Waals surface area (Å²) in [6, 6.07) is 2.14. The molecule has 0 spiro atoms. The van der Waals surface area contributed by atoms with Gasteiger partial charge >= 0.3 is 0 Å². The standard InChI is InChI=1S/C10H12F2N2O3S/c11-8-2-1-7(5-9(8)12)18(16,17)6-10(15)14-4-3-13/h1-2,5H,3-4,6,13H2,(H,14,15). The van der Waals surface area contributed by atoms with Crippen LogP contribution in [0.25, 0.3) is 0 Å². The number of nitrogens with two attached hydrogens (primary N) is 1. The van der Waals surface area contributed by atoms with Gasteiger partial charge in [0.1, 0.15) is 5.75 Å². The lowest BCUT2D eigenvalue weighted by Crippen LogP contribution is -2.33. The molecule has 100 valence electrons. The average Bonchev–Trinajstić information content (AvgIpc) is 2.29. The summed E-state index contributed by atoms with van der Waals surface area (Å²) in [4.78, 5) is 10.8. The van der Waals surface area contributed by atoms with E-state index in [-0.39, 0.29) is 13.1 Å². The number of hydrogen-bond donors (Lipinski definition) is 2. The minimum atomic E-state index is -3.99. The fourth-order valence-corrected chi connectivity index (χ4v) is 2.36. The van der Waals surface area contributed by atoms with Gasteiger partial charge in [-0.25, -0.2) is 17.2 Å². The molecule has 1 aromatic rings. The van der Waals surface area contributed by atoms with Crippen molar-refractivity contribution in [2.75, 3.05) is 18.8 Å². The normalized spacial score (nSPS) is 11.3. The van der Waals surface area contributed by atoms with Gasteiger partial charge < -0.3 is 11.1 Å². The molecule has 0 saturated carbocycles. The summed E-state index contributed by atoms with van der Waals surface area (Å²) in [5, 5.41) is 2.27. The molecule has 0 fully saturated rings. The van der Waals surface area contributed by atoms with Gasteiger partial charge in [0.05, 0.1) is 4.90 Å². The van der Waals surface area contributed by atoms with Crippen LogP contribution >= 0.6 is 0 Å². The average molecular weight is 278 g/mol. The van der Waals surface area contributed by atoms with Crippen LogP contribution in [0.1, 0.15) is 0 Å². The van der Waals surface area contributed by atoms with Gasteiger partial charge in [-0.05, 0) is 18.2 Å². The van der Waals surface area contributed by atoms with E-state index < -0.39 is 38.0 Å². The monoisotopic (exact) mass is 278 g/mol. The fourth-order valence-electron chi connectivity index (χ4n) is 1.19. The molecule has 1 rings (SSSR count). The van der Waals surface area contributed by atoms with E-state index in [4.69, 9.17) is 5.73 Å². The highest BCUT2D eigenvalue weighted by atomic mass is 32.2. The Balaban J connectivity index is 2.86.